The molecule has 2 aromatic carbocycles. The van der Waals surface area contributed by atoms with Gasteiger partial charge in [0.25, 0.3) is 0 Å². The molecule has 0 saturated heterocycles. The highest BCUT2D eigenvalue weighted by atomic mass is 35.5. The molecule has 3 nitrogen and oxygen atoms in total. The lowest BCUT2D eigenvalue weighted by molar-refractivity contribution is 0.435. The van der Waals surface area contributed by atoms with Crippen molar-refractivity contribution in [2.45, 2.75) is 39.5 Å². The van der Waals surface area contributed by atoms with Crippen LogP contribution in [-0.2, 0) is 12.8 Å². The summed E-state index contributed by atoms with van der Waals surface area (Å²) in [6, 6.07) is 14.5. The fourth-order valence-corrected chi connectivity index (χ4v) is 4.72. The molecular formula is C25H23ClFN3. The zero-order valence-electron chi connectivity index (χ0n) is 17.1. The van der Waals surface area contributed by atoms with Crippen molar-refractivity contribution in [2.24, 2.45) is 5.92 Å². The topological polar surface area (TPSA) is 30.2 Å². The maximum atomic E-state index is 13.6. The molecule has 0 N–H and O–H groups in total. The van der Waals surface area contributed by atoms with Crippen LogP contribution in [-0.4, -0.2) is 14.6 Å². The Labute approximate surface area is 180 Å². The molecule has 2 heterocycles. The molecule has 0 radical (unpaired) electrons. The Morgan fingerprint density at radius 2 is 1.77 bits per heavy atom. The first-order valence-electron chi connectivity index (χ1n) is 10.5. The molecule has 5 heteroatoms. The molecular weight excluding hydrogens is 397 g/mol. The number of halogens is 2. The lowest BCUT2D eigenvalue weighted by Crippen LogP contribution is -2.19. The van der Waals surface area contributed by atoms with Gasteiger partial charge < -0.3 is 0 Å². The van der Waals surface area contributed by atoms with E-state index in [1.54, 1.807) is 0 Å². The van der Waals surface area contributed by atoms with Crippen molar-refractivity contribution in [1.29, 1.82) is 0 Å². The fraction of sp³-hybridized carbons (Fsp3) is 0.280. The number of aryl methyl sites for hydroxylation is 2. The van der Waals surface area contributed by atoms with Crippen LogP contribution in [0.1, 0.15) is 36.7 Å². The second-order valence-electron chi connectivity index (χ2n) is 8.11. The van der Waals surface area contributed by atoms with Gasteiger partial charge in [0.15, 0.2) is 5.65 Å². The standard InChI is InChI=1S/C25H23ClFN3/c1-3-16-4-13-22-21(14-16)24(18-7-11-20(27)12-8-18)28-25-23(15(2)29-30(22)25)17-5-9-19(26)10-6-17/h5-12,16H,3-4,13-14H2,1-2H3/t16-/m0/s1. The molecule has 1 aliphatic rings. The van der Waals surface area contributed by atoms with Crippen molar-refractivity contribution >= 4 is 17.2 Å². The fourth-order valence-electron chi connectivity index (χ4n) is 4.60. The Bertz CT molecular complexity index is 1230. The summed E-state index contributed by atoms with van der Waals surface area (Å²) in [5.74, 6) is 0.408. The van der Waals surface area contributed by atoms with Gasteiger partial charge in [-0.2, -0.15) is 5.10 Å². The van der Waals surface area contributed by atoms with E-state index >= 15 is 0 Å². The first-order chi connectivity index (χ1) is 14.5. The predicted molar refractivity (Wildman–Crippen MR) is 119 cm³/mol. The summed E-state index contributed by atoms with van der Waals surface area (Å²) in [4.78, 5) is 5.12. The van der Waals surface area contributed by atoms with Gasteiger partial charge in [-0.15, -0.1) is 0 Å². The van der Waals surface area contributed by atoms with Crippen LogP contribution in [0.15, 0.2) is 48.5 Å². The molecule has 152 valence electrons. The zero-order chi connectivity index (χ0) is 20.8. The molecule has 1 atom stereocenters. The average Bonchev–Trinajstić information content (AvgIpc) is 3.10. The van der Waals surface area contributed by atoms with E-state index in [9.17, 15) is 4.39 Å². The van der Waals surface area contributed by atoms with Crippen LogP contribution in [0.5, 0.6) is 0 Å². The van der Waals surface area contributed by atoms with Gasteiger partial charge in [-0.3, -0.25) is 0 Å². The maximum absolute atomic E-state index is 13.6. The van der Waals surface area contributed by atoms with E-state index in [0.717, 1.165) is 59.4 Å². The van der Waals surface area contributed by atoms with Gasteiger partial charge in [-0.25, -0.2) is 13.9 Å². The molecule has 1 aliphatic carbocycles. The molecule has 0 aliphatic heterocycles. The smallest absolute Gasteiger partial charge is 0.164 e. The minimum Gasteiger partial charge on any atom is -0.228 e. The van der Waals surface area contributed by atoms with Crippen LogP contribution in [0, 0.1) is 18.7 Å². The Morgan fingerprint density at radius 3 is 2.47 bits per heavy atom. The van der Waals surface area contributed by atoms with E-state index in [2.05, 4.69) is 6.92 Å². The van der Waals surface area contributed by atoms with Crippen molar-refractivity contribution in [3.8, 4) is 22.4 Å². The van der Waals surface area contributed by atoms with Crippen LogP contribution in [0.2, 0.25) is 5.02 Å². The first kappa shape index (κ1) is 19.3. The van der Waals surface area contributed by atoms with Crippen molar-refractivity contribution in [1.82, 2.24) is 14.6 Å². The number of nitrogens with zero attached hydrogens (tertiary/aromatic N) is 3. The molecule has 0 bridgehead atoms. The van der Waals surface area contributed by atoms with Crippen LogP contribution >= 0.6 is 11.6 Å². The molecule has 4 aromatic rings. The Balaban J connectivity index is 1.80. The number of aromatic nitrogens is 3. The first-order valence-corrected chi connectivity index (χ1v) is 10.9. The van der Waals surface area contributed by atoms with Crippen LogP contribution in [0.3, 0.4) is 0 Å². The number of rotatable bonds is 3. The molecule has 0 fully saturated rings. The summed E-state index contributed by atoms with van der Waals surface area (Å²) in [6.45, 7) is 4.27. The van der Waals surface area contributed by atoms with E-state index in [1.165, 1.54) is 23.4 Å². The maximum Gasteiger partial charge on any atom is 0.164 e. The van der Waals surface area contributed by atoms with Gasteiger partial charge in [-0.1, -0.05) is 37.1 Å². The van der Waals surface area contributed by atoms with Crippen molar-refractivity contribution in [3.05, 3.63) is 76.3 Å². The number of hydrogen-bond acceptors (Lipinski definition) is 2. The van der Waals surface area contributed by atoms with Crippen LogP contribution in [0.4, 0.5) is 4.39 Å². The molecule has 5 rings (SSSR count). The molecule has 0 amide bonds. The third-order valence-corrected chi connectivity index (χ3v) is 6.51. The summed E-state index contributed by atoms with van der Waals surface area (Å²) < 4.78 is 15.6. The quantitative estimate of drug-likeness (QED) is 0.370. The van der Waals surface area contributed by atoms with Gasteiger partial charge in [0, 0.05) is 27.4 Å². The highest BCUT2D eigenvalue weighted by Gasteiger charge is 2.27. The van der Waals surface area contributed by atoms with Crippen molar-refractivity contribution in [3.63, 3.8) is 0 Å². The number of fused-ring (bicyclic) bond motifs is 3. The minimum absolute atomic E-state index is 0.234. The summed E-state index contributed by atoms with van der Waals surface area (Å²) in [7, 11) is 0. The van der Waals surface area contributed by atoms with Crippen LogP contribution < -0.4 is 0 Å². The van der Waals surface area contributed by atoms with Gasteiger partial charge in [0.2, 0.25) is 0 Å². The summed E-state index contributed by atoms with van der Waals surface area (Å²) >= 11 is 6.10. The van der Waals surface area contributed by atoms with E-state index in [0.29, 0.717) is 10.9 Å². The molecule has 0 saturated carbocycles. The SMILES string of the molecule is CC[C@H]1CCc2c(c(-c3ccc(F)cc3)nc3c(-c4ccc(Cl)cc4)c(C)nn23)C1. The third-order valence-electron chi connectivity index (χ3n) is 6.25. The van der Waals surface area contributed by atoms with E-state index in [-0.39, 0.29) is 5.82 Å². The van der Waals surface area contributed by atoms with Crippen molar-refractivity contribution < 1.29 is 4.39 Å². The van der Waals surface area contributed by atoms with Gasteiger partial charge >= 0.3 is 0 Å². The third kappa shape index (κ3) is 3.20. The predicted octanol–water partition coefficient (Wildman–Crippen LogP) is 6.68. The van der Waals surface area contributed by atoms with Crippen LogP contribution in [0.25, 0.3) is 28.0 Å². The highest BCUT2D eigenvalue weighted by molar-refractivity contribution is 6.30. The monoisotopic (exact) mass is 419 g/mol. The van der Waals surface area contributed by atoms with E-state index in [4.69, 9.17) is 21.7 Å². The zero-order valence-corrected chi connectivity index (χ0v) is 17.9. The van der Waals surface area contributed by atoms with Gasteiger partial charge in [0.05, 0.1) is 11.4 Å². The summed E-state index contributed by atoms with van der Waals surface area (Å²) in [6.07, 6.45) is 4.26. The van der Waals surface area contributed by atoms with Gasteiger partial charge in [0.1, 0.15) is 5.82 Å². The summed E-state index contributed by atoms with van der Waals surface area (Å²) in [5.41, 5.74) is 8.24. The summed E-state index contributed by atoms with van der Waals surface area (Å²) in [5, 5.41) is 5.59. The second-order valence-corrected chi connectivity index (χ2v) is 8.55. The molecule has 0 unspecified atom stereocenters. The van der Waals surface area contributed by atoms with Crippen molar-refractivity contribution in [2.75, 3.05) is 0 Å². The molecule has 30 heavy (non-hydrogen) atoms. The van der Waals surface area contributed by atoms with Gasteiger partial charge in [-0.05, 0) is 74.1 Å². The Kier molecular flexibility index (Phi) is 4.82. The normalized spacial score (nSPS) is 16.1. The Morgan fingerprint density at radius 1 is 1.07 bits per heavy atom. The van der Waals surface area contributed by atoms with E-state index < -0.39 is 0 Å². The largest absolute Gasteiger partial charge is 0.228 e. The average molecular weight is 420 g/mol. The number of hydrogen-bond donors (Lipinski definition) is 0. The Hall–Kier alpha value is -2.72. The lowest BCUT2D eigenvalue weighted by Gasteiger charge is -2.26. The second kappa shape index (κ2) is 7.51. The van der Waals surface area contributed by atoms with E-state index in [1.807, 2.05) is 47.8 Å². The minimum atomic E-state index is -0.234. The highest BCUT2D eigenvalue weighted by Crippen LogP contribution is 2.37. The lowest BCUT2D eigenvalue weighted by atomic mass is 9.83. The molecule has 0 spiro atoms. The number of benzene rings is 2. The molecule has 2 aromatic heterocycles.